The van der Waals surface area contributed by atoms with Crippen molar-refractivity contribution >= 4 is 11.6 Å². The zero-order valence-corrected chi connectivity index (χ0v) is 11.4. The molecule has 0 saturated carbocycles. The van der Waals surface area contributed by atoms with Crippen molar-refractivity contribution in [2.45, 2.75) is 20.8 Å². The Morgan fingerprint density at radius 3 is 2.30 bits per heavy atom. The molecule has 1 aromatic heterocycles. The summed E-state index contributed by atoms with van der Waals surface area (Å²) >= 11 is 0. The van der Waals surface area contributed by atoms with E-state index in [0.29, 0.717) is 5.75 Å². The molecular weight excluding hydrogens is 260 g/mol. The number of ether oxygens (including phenoxy) is 1. The first-order chi connectivity index (χ1) is 9.36. The molecule has 0 fully saturated rings. The monoisotopic (exact) mass is 274 g/mol. The number of hydrogen-bond donors (Lipinski definition) is 1. The highest BCUT2D eigenvalue weighted by Crippen LogP contribution is 2.32. The van der Waals surface area contributed by atoms with E-state index in [1.54, 1.807) is 12.1 Å². The lowest BCUT2D eigenvalue weighted by Gasteiger charge is -2.08. The molecule has 0 spiro atoms. The van der Waals surface area contributed by atoms with Crippen LogP contribution in [0.5, 0.6) is 11.6 Å². The van der Waals surface area contributed by atoms with Crippen molar-refractivity contribution in [2.24, 2.45) is 0 Å². The molecule has 2 aromatic rings. The van der Waals surface area contributed by atoms with Crippen LogP contribution in [0.15, 0.2) is 18.2 Å². The average molecular weight is 274 g/mol. The molecule has 7 nitrogen and oxygen atoms in total. The molecule has 104 valence electrons. The zero-order chi connectivity index (χ0) is 14.9. The lowest BCUT2D eigenvalue weighted by atomic mass is 10.1. The van der Waals surface area contributed by atoms with Crippen molar-refractivity contribution < 1.29 is 9.66 Å². The SMILES string of the molecule is Cc1cc(C)cc(Oc2nc(N)nc(C)c2[N+](=O)[O-])c1. The summed E-state index contributed by atoms with van der Waals surface area (Å²) in [6, 6.07) is 5.51. The van der Waals surface area contributed by atoms with Gasteiger partial charge in [0.25, 0.3) is 0 Å². The largest absolute Gasteiger partial charge is 0.434 e. The van der Waals surface area contributed by atoms with Gasteiger partial charge in [-0.05, 0) is 44.0 Å². The van der Waals surface area contributed by atoms with Crippen molar-refractivity contribution in [3.8, 4) is 11.6 Å². The third kappa shape index (κ3) is 2.82. The fraction of sp³-hybridized carbons (Fsp3) is 0.231. The van der Waals surface area contributed by atoms with E-state index in [4.69, 9.17) is 10.5 Å². The van der Waals surface area contributed by atoms with Gasteiger partial charge < -0.3 is 10.5 Å². The van der Waals surface area contributed by atoms with E-state index >= 15 is 0 Å². The molecule has 7 heteroatoms. The van der Waals surface area contributed by atoms with E-state index in [-0.39, 0.29) is 23.2 Å². The second kappa shape index (κ2) is 5.12. The minimum Gasteiger partial charge on any atom is -0.434 e. The summed E-state index contributed by atoms with van der Waals surface area (Å²) < 4.78 is 5.52. The Morgan fingerprint density at radius 1 is 1.15 bits per heavy atom. The maximum Gasteiger partial charge on any atom is 0.352 e. The number of rotatable bonds is 3. The number of nitrogens with zero attached hydrogens (tertiary/aromatic N) is 3. The lowest BCUT2D eigenvalue weighted by Crippen LogP contribution is -2.04. The number of anilines is 1. The predicted octanol–water partition coefficient (Wildman–Crippen LogP) is 2.68. The molecule has 0 radical (unpaired) electrons. The Morgan fingerprint density at radius 2 is 1.75 bits per heavy atom. The van der Waals surface area contributed by atoms with Crippen molar-refractivity contribution in [3.63, 3.8) is 0 Å². The maximum atomic E-state index is 11.1. The zero-order valence-electron chi connectivity index (χ0n) is 11.4. The first kappa shape index (κ1) is 13.7. The summed E-state index contributed by atoms with van der Waals surface area (Å²) in [5.74, 6) is 0.264. The van der Waals surface area contributed by atoms with Crippen LogP contribution in [-0.4, -0.2) is 14.9 Å². The topological polar surface area (TPSA) is 104 Å². The van der Waals surface area contributed by atoms with Crippen LogP contribution in [-0.2, 0) is 0 Å². The number of hydrogen-bond acceptors (Lipinski definition) is 6. The fourth-order valence-electron chi connectivity index (χ4n) is 1.95. The van der Waals surface area contributed by atoms with E-state index in [9.17, 15) is 10.1 Å². The number of aromatic nitrogens is 2. The molecule has 1 aromatic carbocycles. The van der Waals surface area contributed by atoms with E-state index < -0.39 is 4.92 Å². The maximum absolute atomic E-state index is 11.1. The first-order valence-electron chi connectivity index (χ1n) is 5.91. The van der Waals surface area contributed by atoms with E-state index in [1.807, 2.05) is 19.9 Å². The molecule has 0 atom stereocenters. The van der Waals surface area contributed by atoms with Crippen molar-refractivity contribution in [1.82, 2.24) is 9.97 Å². The van der Waals surface area contributed by atoms with Crippen molar-refractivity contribution in [2.75, 3.05) is 5.73 Å². The summed E-state index contributed by atoms with van der Waals surface area (Å²) in [6.07, 6.45) is 0. The Bertz CT molecular complexity index is 665. The number of aryl methyl sites for hydroxylation is 3. The smallest absolute Gasteiger partial charge is 0.352 e. The van der Waals surface area contributed by atoms with Crippen LogP contribution in [0.25, 0.3) is 0 Å². The minimum absolute atomic E-state index is 0.0625. The van der Waals surface area contributed by atoms with Gasteiger partial charge in [0.2, 0.25) is 5.95 Å². The Hall–Kier alpha value is -2.70. The Balaban J connectivity index is 2.49. The van der Waals surface area contributed by atoms with Gasteiger partial charge in [-0.15, -0.1) is 0 Å². The second-order valence-corrected chi connectivity index (χ2v) is 4.50. The number of benzene rings is 1. The normalized spacial score (nSPS) is 10.3. The van der Waals surface area contributed by atoms with E-state index in [0.717, 1.165) is 11.1 Å². The number of nitro groups is 1. The molecule has 1 heterocycles. The van der Waals surface area contributed by atoms with Gasteiger partial charge in [0.1, 0.15) is 11.4 Å². The summed E-state index contributed by atoms with van der Waals surface area (Å²) in [7, 11) is 0. The van der Waals surface area contributed by atoms with Gasteiger partial charge in [-0.2, -0.15) is 4.98 Å². The highest BCUT2D eigenvalue weighted by molar-refractivity contribution is 5.50. The quantitative estimate of drug-likeness (QED) is 0.681. The van der Waals surface area contributed by atoms with Gasteiger partial charge in [-0.25, -0.2) is 4.98 Å². The summed E-state index contributed by atoms with van der Waals surface area (Å²) in [6.45, 7) is 5.31. The second-order valence-electron chi connectivity index (χ2n) is 4.50. The van der Waals surface area contributed by atoms with Crippen LogP contribution in [0.1, 0.15) is 16.8 Å². The van der Waals surface area contributed by atoms with Gasteiger partial charge in [0, 0.05) is 0 Å². The summed E-state index contributed by atoms with van der Waals surface area (Å²) in [5.41, 5.74) is 7.38. The number of nitrogen functional groups attached to an aromatic ring is 1. The standard InChI is InChI=1S/C13H14N4O3/c1-7-4-8(2)6-10(5-7)20-12-11(17(18)19)9(3)15-13(14)16-12/h4-6H,1-3H3,(H2,14,15,16). The molecule has 0 aliphatic carbocycles. The van der Waals surface area contributed by atoms with Gasteiger partial charge in [-0.3, -0.25) is 10.1 Å². The third-order valence-corrected chi connectivity index (χ3v) is 2.64. The summed E-state index contributed by atoms with van der Waals surface area (Å²) in [5, 5.41) is 11.1. The predicted molar refractivity (Wildman–Crippen MR) is 73.8 cm³/mol. The molecule has 2 rings (SSSR count). The van der Waals surface area contributed by atoms with Gasteiger partial charge in [-0.1, -0.05) is 6.07 Å². The van der Waals surface area contributed by atoms with Crippen LogP contribution in [0.3, 0.4) is 0 Å². The van der Waals surface area contributed by atoms with Crippen LogP contribution >= 0.6 is 0 Å². The van der Waals surface area contributed by atoms with Gasteiger partial charge >= 0.3 is 11.6 Å². The Labute approximate surface area is 115 Å². The fourth-order valence-corrected chi connectivity index (χ4v) is 1.95. The average Bonchev–Trinajstić information content (AvgIpc) is 2.25. The lowest BCUT2D eigenvalue weighted by molar-refractivity contribution is -0.386. The number of nitrogens with two attached hydrogens (primary N) is 1. The molecule has 0 aliphatic heterocycles. The first-order valence-corrected chi connectivity index (χ1v) is 5.91. The van der Waals surface area contributed by atoms with Crippen LogP contribution in [0.4, 0.5) is 11.6 Å². The highest BCUT2D eigenvalue weighted by Gasteiger charge is 2.23. The van der Waals surface area contributed by atoms with Gasteiger partial charge in [0.05, 0.1) is 4.92 Å². The van der Waals surface area contributed by atoms with Crippen LogP contribution in [0.2, 0.25) is 0 Å². The third-order valence-electron chi connectivity index (χ3n) is 2.64. The van der Waals surface area contributed by atoms with Crippen molar-refractivity contribution in [3.05, 3.63) is 45.1 Å². The highest BCUT2D eigenvalue weighted by atomic mass is 16.6. The Kier molecular flexibility index (Phi) is 3.51. The molecule has 0 saturated heterocycles. The molecule has 0 unspecified atom stereocenters. The van der Waals surface area contributed by atoms with E-state index in [1.165, 1.54) is 6.92 Å². The molecule has 20 heavy (non-hydrogen) atoms. The van der Waals surface area contributed by atoms with Crippen LogP contribution in [0, 0.1) is 30.9 Å². The van der Waals surface area contributed by atoms with Crippen LogP contribution < -0.4 is 10.5 Å². The van der Waals surface area contributed by atoms with E-state index in [2.05, 4.69) is 9.97 Å². The molecule has 0 aliphatic rings. The molecule has 0 amide bonds. The summed E-state index contributed by atoms with van der Waals surface area (Å²) in [4.78, 5) is 18.1. The molecular formula is C13H14N4O3. The molecule has 2 N–H and O–H groups in total. The minimum atomic E-state index is -0.577. The van der Waals surface area contributed by atoms with Crippen molar-refractivity contribution in [1.29, 1.82) is 0 Å². The van der Waals surface area contributed by atoms with Gasteiger partial charge in [0.15, 0.2) is 0 Å². The molecule has 0 bridgehead atoms.